The molecule has 9 heavy (non-hydrogen) atoms. The van der Waals surface area contributed by atoms with Crippen LogP contribution in [0.15, 0.2) is 21.7 Å². The minimum Gasteiger partial charge on any atom is -0.268 e. The van der Waals surface area contributed by atoms with Gasteiger partial charge in [-0.3, -0.25) is 19.8 Å². The first kappa shape index (κ1) is 8.20. The van der Waals surface area contributed by atoms with Crippen LogP contribution in [0.1, 0.15) is 0 Å². The molecule has 4 nitrogen and oxygen atoms in total. The summed E-state index contributed by atoms with van der Waals surface area (Å²) in [5, 5.41) is 4.21. The van der Waals surface area contributed by atoms with Gasteiger partial charge in [0.2, 0.25) is 0 Å². The summed E-state index contributed by atoms with van der Waals surface area (Å²) in [4.78, 5) is 20.4. The second-order valence-electron chi connectivity index (χ2n) is 1.31. The van der Waals surface area contributed by atoms with Crippen molar-refractivity contribution in [1.29, 1.82) is 0 Å². The molecule has 1 rings (SSSR count). The van der Waals surface area contributed by atoms with Crippen LogP contribution in [-0.4, -0.2) is 10.2 Å². The molecule has 1 aromatic rings. The Morgan fingerprint density at radius 1 is 1.00 bits per heavy atom. The second kappa shape index (κ2) is 3.27. The molecule has 2 N–H and O–H groups in total. The maximum absolute atomic E-state index is 10.2. The average Bonchev–Trinajstić information content (AvgIpc) is 1.77. The van der Waals surface area contributed by atoms with Crippen LogP contribution in [0, 0.1) is 0 Å². The van der Waals surface area contributed by atoms with E-state index in [0.29, 0.717) is 0 Å². The third kappa shape index (κ3) is 2.30. The molecule has 0 bridgehead atoms. The van der Waals surface area contributed by atoms with Crippen LogP contribution in [0.4, 0.5) is 0 Å². The SMILES string of the molecule is O=c1ccc(=O)[nH][nH]1.[Fe]. The Balaban J connectivity index is 0.000000640. The summed E-state index contributed by atoms with van der Waals surface area (Å²) in [5.41, 5.74) is -0.603. The number of rotatable bonds is 0. The van der Waals surface area contributed by atoms with E-state index in [1.54, 1.807) is 0 Å². The molecule has 0 fully saturated rings. The average molecular weight is 168 g/mol. The van der Waals surface area contributed by atoms with Crippen LogP contribution >= 0.6 is 0 Å². The van der Waals surface area contributed by atoms with E-state index in [-0.39, 0.29) is 28.2 Å². The van der Waals surface area contributed by atoms with Gasteiger partial charge in [-0.25, -0.2) is 0 Å². The Morgan fingerprint density at radius 2 is 1.33 bits per heavy atom. The first-order valence-electron chi connectivity index (χ1n) is 2.07. The third-order valence-corrected chi connectivity index (χ3v) is 0.695. The summed E-state index contributed by atoms with van der Waals surface area (Å²) in [5.74, 6) is 0. The number of hydrogen-bond donors (Lipinski definition) is 2. The molecule has 0 aromatic carbocycles. The standard InChI is InChI=1S/C4H4N2O2.Fe/c7-3-1-2-4(8)6-5-3;/h1-2H,(H,5,7)(H,6,8);. The summed E-state index contributed by atoms with van der Waals surface area (Å²) in [6.07, 6.45) is 0. The molecule has 5 heteroatoms. The second-order valence-corrected chi connectivity index (χ2v) is 1.31. The van der Waals surface area contributed by atoms with E-state index < -0.39 is 0 Å². The molecule has 0 atom stereocenters. The molecule has 1 heterocycles. The van der Waals surface area contributed by atoms with Crippen molar-refractivity contribution in [2.45, 2.75) is 0 Å². The zero-order valence-corrected chi connectivity index (χ0v) is 5.43. The fourth-order valence-corrected chi connectivity index (χ4v) is 0.358. The van der Waals surface area contributed by atoms with Crippen molar-refractivity contribution in [3.05, 3.63) is 32.8 Å². The number of aromatic nitrogens is 2. The third-order valence-electron chi connectivity index (χ3n) is 0.695. The molecule has 0 unspecified atom stereocenters. The molecule has 0 amide bonds. The van der Waals surface area contributed by atoms with E-state index in [4.69, 9.17) is 0 Å². The van der Waals surface area contributed by atoms with Gasteiger partial charge in [0.25, 0.3) is 11.1 Å². The fraction of sp³-hybridized carbons (Fsp3) is 0. The maximum Gasteiger partial charge on any atom is 0.262 e. The van der Waals surface area contributed by atoms with Gasteiger partial charge in [-0.15, -0.1) is 0 Å². The van der Waals surface area contributed by atoms with Crippen molar-refractivity contribution in [1.82, 2.24) is 10.2 Å². The van der Waals surface area contributed by atoms with E-state index in [9.17, 15) is 9.59 Å². The van der Waals surface area contributed by atoms with Crippen molar-refractivity contribution in [3.63, 3.8) is 0 Å². The number of aromatic amines is 2. The molecule has 0 aliphatic carbocycles. The molecular formula is C4H4FeN2O2. The van der Waals surface area contributed by atoms with Crippen LogP contribution in [0.5, 0.6) is 0 Å². The van der Waals surface area contributed by atoms with Crippen LogP contribution in [0.25, 0.3) is 0 Å². The molecule has 0 radical (unpaired) electrons. The van der Waals surface area contributed by atoms with Crippen molar-refractivity contribution in [3.8, 4) is 0 Å². The first-order valence-corrected chi connectivity index (χ1v) is 2.07. The molecule has 0 aliphatic rings. The Hall–Kier alpha value is -0.801. The topological polar surface area (TPSA) is 65.7 Å². The van der Waals surface area contributed by atoms with Gasteiger partial charge in [-0.1, -0.05) is 0 Å². The minimum atomic E-state index is -0.301. The van der Waals surface area contributed by atoms with Gasteiger partial charge in [-0.2, -0.15) is 0 Å². The predicted octanol–water partition coefficient (Wildman–Crippen LogP) is -0.939. The van der Waals surface area contributed by atoms with Crippen molar-refractivity contribution >= 4 is 0 Å². The van der Waals surface area contributed by atoms with Gasteiger partial charge in [0.05, 0.1) is 0 Å². The maximum atomic E-state index is 10.2. The zero-order valence-electron chi connectivity index (χ0n) is 4.32. The molecular weight excluding hydrogens is 164 g/mol. The molecule has 0 saturated heterocycles. The van der Waals surface area contributed by atoms with Crippen LogP contribution in [0.3, 0.4) is 0 Å². The molecule has 0 aliphatic heterocycles. The van der Waals surface area contributed by atoms with Gasteiger partial charge in [0.1, 0.15) is 0 Å². The van der Waals surface area contributed by atoms with Crippen LogP contribution < -0.4 is 11.1 Å². The Labute approximate surface area is 60.8 Å². The van der Waals surface area contributed by atoms with Crippen LogP contribution in [0.2, 0.25) is 0 Å². The smallest absolute Gasteiger partial charge is 0.262 e. The molecule has 0 spiro atoms. The van der Waals surface area contributed by atoms with Crippen molar-refractivity contribution < 1.29 is 17.1 Å². The van der Waals surface area contributed by atoms with Crippen LogP contribution in [-0.2, 0) is 17.1 Å². The zero-order chi connectivity index (χ0) is 5.98. The molecule has 50 valence electrons. The van der Waals surface area contributed by atoms with Crippen molar-refractivity contribution in [2.75, 3.05) is 0 Å². The minimum absolute atomic E-state index is 0. The Bertz CT molecular complexity index is 224. The van der Waals surface area contributed by atoms with E-state index in [1.807, 2.05) is 0 Å². The van der Waals surface area contributed by atoms with E-state index in [0.717, 1.165) is 0 Å². The summed E-state index contributed by atoms with van der Waals surface area (Å²) >= 11 is 0. The van der Waals surface area contributed by atoms with E-state index >= 15 is 0 Å². The van der Waals surface area contributed by atoms with E-state index in [1.165, 1.54) is 12.1 Å². The monoisotopic (exact) mass is 168 g/mol. The van der Waals surface area contributed by atoms with Gasteiger partial charge in [-0.05, 0) is 0 Å². The Morgan fingerprint density at radius 3 is 1.56 bits per heavy atom. The predicted molar refractivity (Wildman–Crippen MR) is 27.7 cm³/mol. The largest absolute Gasteiger partial charge is 0.268 e. The summed E-state index contributed by atoms with van der Waals surface area (Å²) < 4.78 is 0. The summed E-state index contributed by atoms with van der Waals surface area (Å²) in [6.45, 7) is 0. The number of hydrogen-bond acceptors (Lipinski definition) is 2. The van der Waals surface area contributed by atoms with Gasteiger partial charge >= 0.3 is 0 Å². The fourth-order valence-electron chi connectivity index (χ4n) is 0.358. The summed E-state index contributed by atoms with van der Waals surface area (Å²) in [6, 6.07) is 2.33. The van der Waals surface area contributed by atoms with E-state index in [2.05, 4.69) is 10.2 Å². The van der Waals surface area contributed by atoms with Gasteiger partial charge in [0, 0.05) is 29.2 Å². The number of nitrogens with one attached hydrogen (secondary N) is 2. The first-order chi connectivity index (χ1) is 3.79. The molecule has 1 aromatic heterocycles. The number of H-pyrrole nitrogens is 2. The van der Waals surface area contributed by atoms with Crippen molar-refractivity contribution in [2.24, 2.45) is 0 Å². The van der Waals surface area contributed by atoms with Gasteiger partial charge < -0.3 is 0 Å². The Kier molecular flexibility index (Phi) is 2.98. The molecule has 0 saturated carbocycles. The quantitative estimate of drug-likeness (QED) is 0.491. The summed E-state index contributed by atoms with van der Waals surface area (Å²) in [7, 11) is 0. The normalized spacial score (nSPS) is 8.00. The van der Waals surface area contributed by atoms with Gasteiger partial charge in [0.15, 0.2) is 0 Å².